The Kier molecular flexibility index (Phi) is 3.80. The molecule has 0 saturated carbocycles. The summed E-state index contributed by atoms with van der Waals surface area (Å²) >= 11 is 5.84. The van der Waals surface area contributed by atoms with Gasteiger partial charge in [-0.15, -0.1) is 0 Å². The lowest BCUT2D eigenvalue weighted by atomic mass is 10.0. The van der Waals surface area contributed by atoms with Crippen LogP contribution in [0.25, 0.3) is 17.0 Å². The van der Waals surface area contributed by atoms with Crippen LogP contribution in [0.15, 0.2) is 66.9 Å². The summed E-state index contributed by atoms with van der Waals surface area (Å²) in [5.41, 5.74) is 2.27. The van der Waals surface area contributed by atoms with Gasteiger partial charge in [-0.05, 0) is 35.9 Å². The number of pyridine rings is 1. The first-order chi connectivity index (χ1) is 10.2. The van der Waals surface area contributed by atoms with E-state index in [0.29, 0.717) is 10.6 Å². The van der Waals surface area contributed by atoms with Crippen molar-refractivity contribution in [2.45, 2.75) is 0 Å². The Morgan fingerprint density at radius 2 is 1.76 bits per heavy atom. The number of fused-ring (bicyclic) bond motifs is 1. The number of hydrogen-bond acceptors (Lipinski definition) is 2. The predicted octanol–water partition coefficient (Wildman–Crippen LogP) is 4.78. The predicted molar refractivity (Wildman–Crippen MR) is 86.6 cm³/mol. The Labute approximate surface area is 127 Å². The molecular formula is C18H12ClNO. The molecule has 0 bridgehead atoms. The van der Waals surface area contributed by atoms with Crippen LogP contribution in [0.3, 0.4) is 0 Å². The highest BCUT2D eigenvalue weighted by molar-refractivity contribution is 6.30. The van der Waals surface area contributed by atoms with Gasteiger partial charge in [-0.2, -0.15) is 0 Å². The average Bonchev–Trinajstić information content (AvgIpc) is 2.53. The third-order valence-electron chi connectivity index (χ3n) is 3.20. The van der Waals surface area contributed by atoms with E-state index in [1.165, 1.54) is 0 Å². The van der Waals surface area contributed by atoms with Crippen LogP contribution in [0.5, 0.6) is 0 Å². The van der Waals surface area contributed by atoms with E-state index in [1.807, 2.05) is 36.4 Å². The fourth-order valence-corrected chi connectivity index (χ4v) is 2.26. The smallest absolute Gasteiger partial charge is 0.188 e. The Balaban J connectivity index is 1.92. The van der Waals surface area contributed by atoms with Crippen molar-refractivity contribution in [3.05, 3.63) is 83.0 Å². The number of carbonyl (C=O) groups excluding carboxylic acids is 1. The summed E-state index contributed by atoms with van der Waals surface area (Å²) in [5.74, 6) is -0.0609. The Morgan fingerprint density at radius 3 is 2.57 bits per heavy atom. The first-order valence-corrected chi connectivity index (χ1v) is 6.93. The zero-order valence-corrected chi connectivity index (χ0v) is 11.9. The third-order valence-corrected chi connectivity index (χ3v) is 3.45. The summed E-state index contributed by atoms with van der Waals surface area (Å²) < 4.78 is 0. The largest absolute Gasteiger partial charge is 0.289 e. The van der Waals surface area contributed by atoms with E-state index in [-0.39, 0.29) is 5.78 Å². The maximum absolute atomic E-state index is 12.3. The van der Waals surface area contributed by atoms with Gasteiger partial charge < -0.3 is 0 Å². The Bertz CT molecular complexity index is 817. The molecule has 0 atom stereocenters. The monoisotopic (exact) mass is 293 g/mol. The van der Waals surface area contributed by atoms with Gasteiger partial charge in [0, 0.05) is 22.2 Å². The summed E-state index contributed by atoms with van der Waals surface area (Å²) in [4.78, 5) is 16.6. The van der Waals surface area contributed by atoms with Crippen LogP contribution in [-0.2, 0) is 0 Å². The second-order valence-corrected chi connectivity index (χ2v) is 5.07. The normalized spacial score (nSPS) is 11.1. The maximum Gasteiger partial charge on any atom is 0.188 e. The van der Waals surface area contributed by atoms with Gasteiger partial charge in [0.25, 0.3) is 0 Å². The number of halogens is 1. The molecule has 3 rings (SSSR count). The van der Waals surface area contributed by atoms with Crippen molar-refractivity contribution in [3.63, 3.8) is 0 Å². The van der Waals surface area contributed by atoms with E-state index in [9.17, 15) is 4.79 Å². The highest BCUT2D eigenvalue weighted by Gasteiger charge is 2.07. The van der Waals surface area contributed by atoms with Crippen molar-refractivity contribution in [1.82, 2.24) is 4.98 Å². The van der Waals surface area contributed by atoms with E-state index in [4.69, 9.17) is 11.6 Å². The van der Waals surface area contributed by atoms with E-state index in [2.05, 4.69) is 4.98 Å². The van der Waals surface area contributed by atoms with Crippen molar-refractivity contribution in [2.75, 3.05) is 0 Å². The van der Waals surface area contributed by atoms with Gasteiger partial charge in [0.2, 0.25) is 0 Å². The van der Waals surface area contributed by atoms with Crippen LogP contribution in [0.4, 0.5) is 0 Å². The highest BCUT2D eigenvalue weighted by atomic mass is 35.5. The van der Waals surface area contributed by atoms with Gasteiger partial charge in [-0.25, -0.2) is 0 Å². The molecule has 0 radical (unpaired) electrons. The topological polar surface area (TPSA) is 30.0 Å². The summed E-state index contributed by atoms with van der Waals surface area (Å²) in [6.07, 6.45) is 5.04. The van der Waals surface area contributed by atoms with Crippen molar-refractivity contribution >= 4 is 34.4 Å². The highest BCUT2D eigenvalue weighted by Crippen LogP contribution is 2.17. The number of ketones is 1. The molecule has 0 unspecified atom stereocenters. The molecule has 2 aromatic carbocycles. The van der Waals surface area contributed by atoms with Gasteiger partial charge in [0.05, 0.1) is 5.52 Å². The molecule has 0 spiro atoms. The molecule has 0 fully saturated rings. The fraction of sp³-hybridized carbons (Fsp3) is 0. The molecule has 3 heteroatoms. The molecule has 0 saturated heterocycles. The van der Waals surface area contributed by atoms with Crippen LogP contribution in [0, 0.1) is 0 Å². The van der Waals surface area contributed by atoms with Crippen LogP contribution < -0.4 is 0 Å². The summed E-state index contributed by atoms with van der Waals surface area (Å²) in [7, 11) is 0. The molecule has 1 aromatic heterocycles. The number of aromatic nitrogens is 1. The molecule has 1 heterocycles. The minimum atomic E-state index is -0.0609. The molecular weight excluding hydrogens is 282 g/mol. The second-order valence-electron chi connectivity index (χ2n) is 4.63. The molecule has 2 nitrogen and oxygen atoms in total. The lowest BCUT2D eigenvalue weighted by molar-refractivity contribution is 0.104. The van der Waals surface area contributed by atoms with E-state index >= 15 is 0 Å². The number of hydrogen-bond donors (Lipinski definition) is 0. The van der Waals surface area contributed by atoms with E-state index in [1.54, 1.807) is 36.5 Å². The molecule has 102 valence electrons. The first kappa shape index (κ1) is 13.5. The maximum atomic E-state index is 12.3. The van der Waals surface area contributed by atoms with Crippen molar-refractivity contribution < 1.29 is 4.79 Å². The lowest BCUT2D eigenvalue weighted by Gasteiger charge is -2.01. The molecule has 0 aliphatic rings. The zero-order valence-electron chi connectivity index (χ0n) is 11.2. The Hall–Kier alpha value is -2.45. The van der Waals surface area contributed by atoms with Crippen molar-refractivity contribution in [2.24, 2.45) is 0 Å². The minimum absolute atomic E-state index is 0.0609. The number of carbonyl (C=O) groups is 1. The number of para-hydroxylation sites is 1. The number of allylic oxidation sites excluding steroid dienone is 1. The van der Waals surface area contributed by atoms with Gasteiger partial charge in [0.1, 0.15) is 0 Å². The average molecular weight is 294 g/mol. The third kappa shape index (κ3) is 3.01. The van der Waals surface area contributed by atoms with Gasteiger partial charge >= 0.3 is 0 Å². The van der Waals surface area contributed by atoms with Gasteiger partial charge in [0.15, 0.2) is 5.78 Å². The molecule has 0 N–H and O–H groups in total. The molecule has 0 aliphatic carbocycles. The zero-order chi connectivity index (χ0) is 14.7. The van der Waals surface area contributed by atoms with Crippen LogP contribution >= 0.6 is 11.6 Å². The lowest BCUT2D eigenvalue weighted by Crippen LogP contribution is -1.96. The first-order valence-electron chi connectivity index (χ1n) is 6.56. The standard InChI is InChI=1S/C18H12ClNO/c19-15-9-6-13(7-10-15)8-11-17(21)16-5-1-3-14-4-2-12-20-18(14)16/h1-12H/b11-8+. The second kappa shape index (κ2) is 5.90. The minimum Gasteiger partial charge on any atom is -0.289 e. The van der Waals surface area contributed by atoms with E-state index in [0.717, 1.165) is 16.5 Å². The SMILES string of the molecule is O=C(/C=C/c1ccc(Cl)cc1)c1cccc2cccnc12. The van der Waals surface area contributed by atoms with Gasteiger partial charge in [-0.3, -0.25) is 9.78 Å². The van der Waals surface area contributed by atoms with Crippen LogP contribution in [0.2, 0.25) is 5.02 Å². The van der Waals surface area contributed by atoms with Crippen molar-refractivity contribution in [1.29, 1.82) is 0 Å². The fourth-order valence-electron chi connectivity index (χ4n) is 2.14. The summed E-state index contributed by atoms with van der Waals surface area (Å²) in [5, 5.41) is 1.64. The molecule has 3 aromatic rings. The number of benzene rings is 2. The molecule has 21 heavy (non-hydrogen) atoms. The summed E-state index contributed by atoms with van der Waals surface area (Å²) in [6, 6.07) is 16.7. The van der Waals surface area contributed by atoms with Gasteiger partial charge in [-0.1, -0.05) is 48.0 Å². The quantitative estimate of drug-likeness (QED) is 0.513. The summed E-state index contributed by atoms with van der Waals surface area (Å²) in [6.45, 7) is 0. The Morgan fingerprint density at radius 1 is 1.00 bits per heavy atom. The number of rotatable bonds is 3. The van der Waals surface area contributed by atoms with Crippen LogP contribution in [-0.4, -0.2) is 10.8 Å². The van der Waals surface area contributed by atoms with E-state index < -0.39 is 0 Å². The van der Waals surface area contributed by atoms with Crippen LogP contribution in [0.1, 0.15) is 15.9 Å². The molecule has 0 amide bonds. The number of nitrogens with zero attached hydrogens (tertiary/aromatic N) is 1. The molecule has 0 aliphatic heterocycles. The van der Waals surface area contributed by atoms with Crippen molar-refractivity contribution in [3.8, 4) is 0 Å².